The maximum atomic E-state index is 14.1. The van der Waals surface area contributed by atoms with Gasteiger partial charge < -0.3 is 25.2 Å². The first-order valence-corrected chi connectivity index (χ1v) is 15.0. The monoisotopic (exact) mass is 658 g/mol. The number of hydrogen-bond donors (Lipinski definition) is 3. The summed E-state index contributed by atoms with van der Waals surface area (Å²) in [5.41, 5.74) is 1.26. The van der Waals surface area contributed by atoms with Gasteiger partial charge in [0.2, 0.25) is 11.7 Å². The van der Waals surface area contributed by atoms with Gasteiger partial charge in [-0.25, -0.2) is 22.0 Å². The number of halogens is 5. The Bertz CT molecular complexity index is 1690. The standard InChI is InChI=1S/C33H27F5N2O5S/c1-17(42)39-21-10-12-24(13-11-21)46-16-23-14-25(19-4-2-18(15-41)3-5-19)45-33(44-23)20-6-8-22(9-7-20)40-32(43)26-27(34)29(36)31(38)30(37)28(26)35/h2-13,23,25,33,41H,14-16H2,1H3,(H,39,42)(H,40,43). The van der Waals surface area contributed by atoms with Gasteiger partial charge in [-0.3, -0.25) is 9.59 Å². The molecule has 1 heterocycles. The number of hydrogen-bond acceptors (Lipinski definition) is 6. The van der Waals surface area contributed by atoms with E-state index in [9.17, 15) is 36.6 Å². The minimum Gasteiger partial charge on any atom is -0.392 e. The van der Waals surface area contributed by atoms with Crippen LogP contribution >= 0.6 is 11.8 Å². The second kappa shape index (κ2) is 14.4. The summed E-state index contributed by atoms with van der Waals surface area (Å²) >= 11 is 1.56. The van der Waals surface area contributed by atoms with Crippen molar-refractivity contribution in [3.63, 3.8) is 0 Å². The van der Waals surface area contributed by atoms with Crippen molar-refractivity contribution in [3.8, 4) is 0 Å². The number of anilines is 2. The van der Waals surface area contributed by atoms with Crippen LogP contribution in [0.25, 0.3) is 0 Å². The van der Waals surface area contributed by atoms with E-state index in [-0.39, 0.29) is 30.4 Å². The molecule has 0 radical (unpaired) electrons. The third kappa shape index (κ3) is 7.56. The van der Waals surface area contributed by atoms with E-state index in [0.29, 0.717) is 23.4 Å². The quantitative estimate of drug-likeness (QED) is 0.0750. The van der Waals surface area contributed by atoms with Crippen LogP contribution in [-0.4, -0.2) is 28.8 Å². The largest absolute Gasteiger partial charge is 0.392 e. The zero-order valence-electron chi connectivity index (χ0n) is 24.2. The number of rotatable bonds is 9. The summed E-state index contributed by atoms with van der Waals surface area (Å²) in [5, 5.41) is 14.3. The smallest absolute Gasteiger partial charge is 0.261 e. The fraction of sp³-hybridized carbons (Fsp3) is 0.212. The lowest BCUT2D eigenvalue weighted by atomic mass is 10.0. The molecule has 4 aromatic carbocycles. The molecule has 0 bridgehead atoms. The van der Waals surface area contributed by atoms with Gasteiger partial charge in [0.15, 0.2) is 29.6 Å². The summed E-state index contributed by atoms with van der Waals surface area (Å²) in [6.07, 6.45) is -1.01. The first kappa shape index (κ1) is 33.1. The summed E-state index contributed by atoms with van der Waals surface area (Å²) in [4.78, 5) is 24.7. The van der Waals surface area contributed by atoms with Gasteiger partial charge in [0.1, 0.15) is 5.56 Å². The summed E-state index contributed by atoms with van der Waals surface area (Å²) in [6, 6.07) is 20.5. The fourth-order valence-corrected chi connectivity index (χ4v) is 5.69. The molecular weight excluding hydrogens is 631 g/mol. The average molecular weight is 659 g/mol. The molecule has 1 aliphatic heterocycles. The van der Waals surface area contributed by atoms with Gasteiger partial charge >= 0.3 is 0 Å². The molecular formula is C33H27F5N2O5S. The van der Waals surface area contributed by atoms with Crippen molar-refractivity contribution >= 4 is 35.0 Å². The van der Waals surface area contributed by atoms with E-state index >= 15 is 0 Å². The van der Waals surface area contributed by atoms with Crippen LogP contribution < -0.4 is 10.6 Å². The Morgan fingerprint density at radius 2 is 1.30 bits per heavy atom. The number of amides is 2. The molecule has 3 atom stereocenters. The first-order valence-electron chi connectivity index (χ1n) is 14.0. The summed E-state index contributed by atoms with van der Waals surface area (Å²) in [7, 11) is 0. The van der Waals surface area contributed by atoms with Crippen LogP contribution in [0.1, 0.15) is 52.8 Å². The predicted octanol–water partition coefficient (Wildman–Crippen LogP) is 7.42. The van der Waals surface area contributed by atoms with Crippen LogP contribution in [0.15, 0.2) is 77.7 Å². The van der Waals surface area contributed by atoms with Gasteiger partial charge in [-0.2, -0.15) is 0 Å². The molecule has 4 aromatic rings. The summed E-state index contributed by atoms with van der Waals surface area (Å²) in [5.74, 6) is -12.4. The van der Waals surface area contributed by atoms with Crippen molar-refractivity contribution in [2.75, 3.05) is 16.4 Å². The second-order valence-electron chi connectivity index (χ2n) is 10.4. The molecule has 7 nitrogen and oxygen atoms in total. The van der Waals surface area contributed by atoms with Crippen LogP contribution in [-0.2, 0) is 20.9 Å². The van der Waals surface area contributed by atoms with Crippen LogP contribution in [0.5, 0.6) is 0 Å². The van der Waals surface area contributed by atoms with Crippen molar-refractivity contribution in [2.45, 2.75) is 43.3 Å². The number of benzene rings is 4. The molecule has 13 heteroatoms. The molecule has 3 N–H and O–H groups in total. The number of ether oxygens (including phenoxy) is 2. The zero-order chi connectivity index (χ0) is 33.0. The van der Waals surface area contributed by atoms with Crippen LogP contribution in [0.3, 0.4) is 0 Å². The third-order valence-corrected chi connectivity index (χ3v) is 8.25. The lowest BCUT2D eigenvalue weighted by molar-refractivity contribution is -0.245. The van der Waals surface area contributed by atoms with Crippen molar-refractivity contribution in [2.24, 2.45) is 0 Å². The summed E-state index contributed by atoms with van der Waals surface area (Å²) < 4.78 is 81.4. The van der Waals surface area contributed by atoms with E-state index in [1.807, 2.05) is 24.3 Å². The number of carbonyl (C=O) groups is 2. The highest BCUT2D eigenvalue weighted by molar-refractivity contribution is 7.99. The Kier molecular flexibility index (Phi) is 10.4. The topological polar surface area (TPSA) is 96.9 Å². The Balaban J connectivity index is 1.32. The highest BCUT2D eigenvalue weighted by Gasteiger charge is 2.33. The summed E-state index contributed by atoms with van der Waals surface area (Å²) in [6.45, 7) is 1.32. The van der Waals surface area contributed by atoms with E-state index in [2.05, 4.69) is 10.6 Å². The maximum absolute atomic E-state index is 14.1. The molecule has 46 heavy (non-hydrogen) atoms. The van der Waals surface area contributed by atoms with E-state index in [1.165, 1.54) is 19.1 Å². The lowest BCUT2D eigenvalue weighted by Gasteiger charge is -2.36. The normalized spacial score (nSPS) is 17.8. The molecule has 2 amide bonds. The van der Waals surface area contributed by atoms with Gasteiger partial charge in [0.25, 0.3) is 5.91 Å². The SMILES string of the molecule is CC(=O)Nc1ccc(SCC2CC(c3ccc(CO)cc3)OC(c3ccc(NC(=O)c4c(F)c(F)c(F)c(F)c4F)cc3)O2)cc1. The Hall–Kier alpha value is -4.30. The molecule has 1 saturated heterocycles. The maximum Gasteiger partial charge on any atom is 0.261 e. The van der Waals surface area contributed by atoms with Gasteiger partial charge in [-0.15, -0.1) is 11.8 Å². The predicted molar refractivity (Wildman–Crippen MR) is 161 cm³/mol. The van der Waals surface area contributed by atoms with E-state index < -0.39 is 46.8 Å². The highest BCUT2D eigenvalue weighted by atomic mass is 32.2. The van der Waals surface area contributed by atoms with E-state index in [4.69, 9.17) is 9.47 Å². The molecule has 0 saturated carbocycles. The number of nitrogens with one attached hydrogen (secondary N) is 2. The number of carbonyl (C=O) groups excluding carboxylic acids is 2. The fourth-order valence-electron chi connectivity index (χ4n) is 4.77. The highest BCUT2D eigenvalue weighted by Crippen LogP contribution is 2.40. The minimum absolute atomic E-state index is 0.0273. The number of aliphatic hydroxyl groups is 1. The Morgan fingerprint density at radius 3 is 1.89 bits per heavy atom. The number of aliphatic hydroxyl groups excluding tert-OH is 1. The van der Waals surface area contributed by atoms with Gasteiger partial charge in [-0.1, -0.05) is 36.4 Å². The Morgan fingerprint density at radius 1 is 0.761 bits per heavy atom. The van der Waals surface area contributed by atoms with Gasteiger partial charge in [0, 0.05) is 40.9 Å². The molecule has 3 unspecified atom stereocenters. The molecule has 1 fully saturated rings. The van der Waals surface area contributed by atoms with E-state index in [1.54, 1.807) is 48.2 Å². The first-order chi connectivity index (χ1) is 22.0. The third-order valence-electron chi connectivity index (χ3n) is 7.10. The zero-order valence-corrected chi connectivity index (χ0v) is 25.0. The average Bonchev–Trinajstić information content (AvgIpc) is 3.06. The molecule has 1 aliphatic rings. The molecule has 0 aromatic heterocycles. The van der Waals surface area contributed by atoms with Crippen LogP contribution in [0, 0.1) is 29.1 Å². The number of thioether (sulfide) groups is 1. The van der Waals surface area contributed by atoms with E-state index in [0.717, 1.165) is 16.0 Å². The molecule has 5 rings (SSSR count). The molecule has 0 spiro atoms. The van der Waals surface area contributed by atoms with Crippen LogP contribution in [0.2, 0.25) is 0 Å². The second-order valence-corrected chi connectivity index (χ2v) is 11.5. The van der Waals surface area contributed by atoms with Crippen molar-refractivity contribution in [3.05, 3.63) is 124 Å². The van der Waals surface area contributed by atoms with Gasteiger partial charge in [0.05, 0.1) is 18.8 Å². The molecule has 0 aliphatic carbocycles. The van der Waals surface area contributed by atoms with Crippen molar-refractivity contribution in [1.29, 1.82) is 0 Å². The minimum atomic E-state index is -2.36. The molecule has 240 valence electrons. The van der Waals surface area contributed by atoms with Crippen LogP contribution in [0.4, 0.5) is 33.3 Å². The van der Waals surface area contributed by atoms with Gasteiger partial charge in [-0.05, 0) is 47.5 Å². The van der Waals surface area contributed by atoms with Crippen molar-refractivity contribution < 1.29 is 46.1 Å². The van der Waals surface area contributed by atoms with Crippen molar-refractivity contribution in [1.82, 2.24) is 0 Å². The lowest BCUT2D eigenvalue weighted by Crippen LogP contribution is -2.31. The Labute approximate surface area is 264 Å².